The Morgan fingerprint density at radius 2 is 2.15 bits per heavy atom. The minimum Gasteiger partial charge on any atom is -0.469 e. The zero-order valence-corrected chi connectivity index (χ0v) is 11.9. The predicted octanol–water partition coefficient (Wildman–Crippen LogP) is 2.21. The highest BCUT2D eigenvalue weighted by Gasteiger charge is 2.34. The molecule has 1 aromatic rings. The van der Waals surface area contributed by atoms with Crippen molar-refractivity contribution in [3.05, 3.63) is 25.4 Å². The van der Waals surface area contributed by atoms with Crippen LogP contribution in [-0.4, -0.2) is 29.3 Å². The lowest BCUT2D eigenvalue weighted by atomic mass is 10.2. The molecule has 11 heteroatoms. The molecule has 20 heavy (non-hydrogen) atoms. The number of alkyl halides is 3. The molecule has 1 heterocycles. The standard InChI is InChI=1S/C9H6F3IN2O5/c1-19-7(16)3-5-6(15(17)18)2-4(13)8(14-5)20-9(10,11)12/h2H,3H2,1H3. The van der Waals surface area contributed by atoms with E-state index in [4.69, 9.17) is 0 Å². The van der Waals surface area contributed by atoms with Crippen LogP contribution in [0.4, 0.5) is 18.9 Å². The van der Waals surface area contributed by atoms with Gasteiger partial charge in [-0.15, -0.1) is 13.2 Å². The summed E-state index contributed by atoms with van der Waals surface area (Å²) in [6.45, 7) is 0. The van der Waals surface area contributed by atoms with E-state index in [1.54, 1.807) is 0 Å². The zero-order chi connectivity index (χ0) is 15.5. The van der Waals surface area contributed by atoms with Crippen molar-refractivity contribution in [1.82, 2.24) is 4.98 Å². The van der Waals surface area contributed by atoms with E-state index in [0.29, 0.717) is 0 Å². The fraction of sp³-hybridized carbons (Fsp3) is 0.333. The number of nitro groups is 1. The fourth-order valence-electron chi connectivity index (χ4n) is 1.18. The van der Waals surface area contributed by atoms with Crippen molar-refractivity contribution >= 4 is 34.2 Å². The van der Waals surface area contributed by atoms with Gasteiger partial charge in [0.05, 0.1) is 22.0 Å². The molecule has 0 atom stereocenters. The molecule has 0 bridgehead atoms. The summed E-state index contributed by atoms with van der Waals surface area (Å²) in [5.41, 5.74) is -1.06. The Balaban J connectivity index is 3.27. The van der Waals surface area contributed by atoms with E-state index in [1.165, 1.54) is 22.6 Å². The lowest BCUT2D eigenvalue weighted by Crippen LogP contribution is -2.20. The van der Waals surface area contributed by atoms with Crippen LogP contribution in [0.1, 0.15) is 5.69 Å². The van der Waals surface area contributed by atoms with Crippen molar-refractivity contribution in [1.29, 1.82) is 0 Å². The van der Waals surface area contributed by atoms with Gasteiger partial charge in [0.2, 0.25) is 5.88 Å². The summed E-state index contributed by atoms with van der Waals surface area (Å²) >= 11 is 1.41. The molecule has 0 saturated heterocycles. The molecule has 0 unspecified atom stereocenters. The molecule has 0 amide bonds. The molecule has 0 aliphatic heterocycles. The number of rotatable bonds is 4. The van der Waals surface area contributed by atoms with Crippen LogP contribution < -0.4 is 4.74 Å². The third-order valence-corrected chi connectivity index (χ3v) is 2.72. The third-order valence-electron chi connectivity index (χ3n) is 1.95. The molecule has 0 radical (unpaired) electrons. The zero-order valence-electron chi connectivity index (χ0n) is 9.73. The van der Waals surface area contributed by atoms with Gasteiger partial charge >= 0.3 is 12.3 Å². The maximum atomic E-state index is 12.1. The minimum atomic E-state index is -4.99. The van der Waals surface area contributed by atoms with Crippen LogP contribution in [-0.2, 0) is 16.0 Å². The van der Waals surface area contributed by atoms with Gasteiger partial charge in [-0.3, -0.25) is 14.9 Å². The van der Waals surface area contributed by atoms with E-state index in [0.717, 1.165) is 13.2 Å². The summed E-state index contributed by atoms with van der Waals surface area (Å²) in [5.74, 6) is -1.73. The molecule has 0 aromatic carbocycles. The van der Waals surface area contributed by atoms with Gasteiger partial charge in [0.15, 0.2) is 0 Å². The van der Waals surface area contributed by atoms with Crippen LogP contribution >= 0.6 is 22.6 Å². The SMILES string of the molecule is COC(=O)Cc1nc(OC(F)(F)F)c(I)cc1[N+](=O)[O-]. The Kier molecular flexibility index (Phi) is 5.08. The monoisotopic (exact) mass is 406 g/mol. The number of pyridine rings is 1. The number of esters is 1. The number of methoxy groups -OCH3 is 1. The lowest BCUT2D eigenvalue weighted by Gasteiger charge is -2.11. The summed E-state index contributed by atoms with van der Waals surface area (Å²) in [5, 5.41) is 10.8. The Hall–Kier alpha value is -1.66. The second-order valence-corrected chi connectivity index (χ2v) is 4.46. The molecule has 0 fully saturated rings. The van der Waals surface area contributed by atoms with Crippen LogP contribution in [0.3, 0.4) is 0 Å². The number of ether oxygens (including phenoxy) is 2. The summed E-state index contributed by atoms with van der Waals surface area (Å²) in [4.78, 5) is 24.4. The molecule has 0 spiro atoms. The highest BCUT2D eigenvalue weighted by molar-refractivity contribution is 14.1. The van der Waals surface area contributed by atoms with Gasteiger partial charge in [-0.25, -0.2) is 4.98 Å². The molecule has 7 nitrogen and oxygen atoms in total. The maximum absolute atomic E-state index is 12.1. The molecule has 1 rings (SSSR count). The third kappa shape index (κ3) is 4.47. The smallest absolute Gasteiger partial charge is 0.469 e. The first-order valence-electron chi connectivity index (χ1n) is 4.80. The summed E-state index contributed by atoms with van der Waals surface area (Å²) in [6.07, 6.45) is -5.64. The average molecular weight is 406 g/mol. The number of hydrogen-bond donors (Lipinski definition) is 0. The molecular formula is C9H6F3IN2O5. The van der Waals surface area contributed by atoms with E-state index in [1.807, 2.05) is 0 Å². The van der Waals surface area contributed by atoms with Gasteiger partial charge in [0.25, 0.3) is 5.69 Å². The molecule has 0 aliphatic rings. The number of aromatic nitrogens is 1. The number of hydrogen-bond acceptors (Lipinski definition) is 6. The van der Waals surface area contributed by atoms with Crippen molar-refractivity contribution in [2.75, 3.05) is 7.11 Å². The van der Waals surface area contributed by atoms with Gasteiger partial charge in [-0.2, -0.15) is 0 Å². The van der Waals surface area contributed by atoms with E-state index < -0.39 is 40.9 Å². The van der Waals surface area contributed by atoms with E-state index >= 15 is 0 Å². The van der Waals surface area contributed by atoms with Crippen molar-refractivity contribution in [3.63, 3.8) is 0 Å². The van der Waals surface area contributed by atoms with Crippen molar-refractivity contribution in [3.8, 4) is 5.88 Å². The molecular weight excluding hydrogens is 400 g/mol. The average Bonchev–Trinajstić information content (AvgIpc) is 2.30. The van der Waals surface area contributed by atoms with Gasteiger partial charge in [-0.1, -0.05) is 0 Å². The maximum Gasteiger partial charge on any atom is 0.574 e. The van der Waals surface area contributed by atoms with Crippen molar-refractivity contribution < 1.29 is 32.4 Å². The Labute approximate surface area is 123 Å². The van der Waals surface area contributed by atoms with Gasteiger partial charge in [0, 0.05) is 6.07 Å². The summed E-state index contributed by atoms with van der Waals surface area (Å²) in [6, 6.07) is 0.840. The topological polar surface area (TPSA) is 91.6 Å². The van der Waals surface area contributed by atoms with Gasteiger partial charge < -0.3 is 9.47 Å². The number of carbonyl (C=O) groups excluding carboxylic acids is 1. The normalized spacial score (nSPS) is 11.1. The molecule has 1 aromatic heterocycles. The molecule has 0 saturated carbocycles. The van der Waals surface area contributed by atoms with Gasteiger partial charge in [-0.05, 0) is 22.6 Å². The molecule has 110 valence electrons. The Morgan fingerprint density at radius 1 is 1.55 bits per heavy atom. The quantitative estimate of drug-likeness (QED) is 0.330. The van der Waals surface area contributed by atoms with E-state index in [-0.39, 0.29) is 3.57 Å². The second-order valence-electron chi connectivity index (χ2n) is 3.30. The van der Waals surface area contributed by atoms with Crippen LogP contribution in [0.15, 0.2) is 6.07 Å². The number of halogens is 4. The minimum absolute atomic E-state index is 0.208. The second kappa shape index (κ2) is 6.19. The number of nitrogens with zero attached hydrogens (tertiary/aromatic N) is 2. The van der Waals surface area contributed by atoms with E-state index in [2.05, 4.69) is 14.5 Å². The van der Waals surface area contributed by atoms with Crippen LogP contribution in [0, 0.1) is 13.7 Å². The fourth-order valence-corrected chi connectivity index (χ4v) is 1.70. The Bertz CT molecular complexity index is 549. The van der Waals surface area contributed by atoms with Crippen LogP contribution in [0.25, 0.3) is 0 Å². The van der Waals surface area contributed by atoms with Crippen LogP contribution in [0.2, 0.25) is 0 Å². The summed E-state index contributed by atoms with van der Waals surface area (Å²) < 4.78 is 44.2. The Morgan fingerprint density at radius 3 is 2.60 bits per heavy atom. The molecule has 0 N–H and O–H groups in total. The van der Waals surface area contributed by atoms with Crippen LogP contribution in [0.5, 0.6) is 5.88 Å². The first kappa shape index (κ1) is 16.4. The predicted molar refractivity (Wildman–Crippen MR) is 66.0 cm³/mol. The first-order chi connectivity index (χ1) is 9.14. The highest BCUT2D eigenvalue weighted by Crippen LogP contribution is 2.30. The molecule has 0 aliphatic carbocycles. The van der Waals surface area contributed by atoms with Gasteiger partial charge in [0.1, 0.15) is 5.69 Å². The first-order valence-corrected chi connectivity index (χ1v) is 5.88. The van der Waals surface area contributed by atoms with Crippen molar-refractivity contribution in [2.45, 2.75) is 12.8 Å². The largest absolute Gasteiger partial charge is 0.574 e. The lowest BCUT2D eigenvalue weighted by molar-refractivity contribution is -0.386. The van der Waals surface area contributed by atoms with E-state index in [9.17, 15) is 28.1 Å². The highest BCUT2D eigenvalue weighted by atomic mass is 127. The summed E-state index contributed by atoms with van der Waals surface area (Å²) in [7, 11) is 1.04. The van der Waals surface area contributed by atoms with Crippen molar-refractivity contribution in [2.24, 2.45) is 0 Å². The number of carbonyl (C=O) groups is 1.